The lowest BCUT2D eigenvalue weighted by Gasteiger charge is -2.31. The second-order valence-electron chi connectivity index (χ2n) is 5.66. The minimum atomic E-state index is -0.560. The van der Waals surface area contributed by atoms with E-state index in [0.717, 1.165) is 16.1 Å². The molecule has 0 spiro atoms. The molecule has 0 saturated heterocycles. The van der Waals surface area contributed by atoms with Crippen molar-refractivity contribution in [2.24, 2.45) is 0 Å². The van der Waals surface area contributed by atoms with Gasteiger partial charge in [-0.3, -0.25) is 0 Å². The topological polar surface area (TPSA) is 12.0 Å². The van der Waals surface area contributed by atoms with Gasteiger partial charge in [-0.15, -0.1) is 0 Å². The lowest BCUT2D eigenvalue weighted by atomic mass is 9.92. The first-order valence-electron chi connectivity index (χ1n) is 6.78. The number of nitrogens with one attached hydrogen (secondary N) is 1. The molecule has 2 aromatic carbocycles. The van der Waals surface area contributed by atoms with Crippen molar-refractivity contribution < 1.29 is 8.78 Å². The van der Waals surface area contributed by atoms with Gasteiger partial charge in [-0.05, 0) is 44.5 Å². The van der Waals surface area contributed by atoms with Crippen LogP contribution in [0.1, 0.15) is 37.9 Å². The summed E-state index contributed by atoms with van der Waals surface area (Å²) < 4.78 is 27.8. The van der Waals surface area contributed by atoms with Crippen molar-refractivity contribution in [3.8, 4) is 0 Å². The Bertz CT molecular complexity index is 623. The third-order valence-electron chi connectivity index (χ3n) is 3.57. The second-order valence-corrected chi connectivity index (χ2v) is 6.58. The molecule has 0 heterocycles. The van der Waals surface area contributed by atoms with Gasteiger partial charge < -0.3 is 5.32 Å². The van der Waals surface area contributed by atoms with Gasteiger partial charge in [0.2, 0.25) is 0 Å². The zero-order chi connectivity index (χ0) is 15.6. The monoisotopic (exact) mass is 353 g/mol. The molecule has 2 rings (SSSR count). The van der Waals surface area contributed by atoms with Crippen LogP contribution in [0, 0.1) is 11.6 Å². The van der Waals surface area contributed by atoms with Gasteiger partial charge in [0.15, 0.2) is 0 Å². The van der Waals surface area contributed by atoms with Crippen LogP contribution in [0.4, 0.5) is 8.78 Å². The number of halogens is 3. The molecule has 1 N–H and O–H groups in total. The maximum absolute atomic E-state index is 13.8. The molecule has 0 aromatic heterocycles. The molecule has 1 nitrogen and oxygen atoms in total. The van der Waals surface area contributed by atoms with Crippen LogP contribution in [0.2, 0.25) is 0 Å². The Morgan fingerprint density at radius 3 is 2.24 bits per heavy atom. The number of hydrogen-bond acceptors (Lipinski definition) is 1. The third kappa shape index (κ3) is 3.89. The van der Waals surface area contributed by atoms with Crippen molar-refractivity contribution >= 4 is 15.9 Å². The fourth-order valence-electron chi connectivity index (χ4n) is 2.42. The normalized spacial score (nSPS) is 13.2. The molecular formula is C17H18BrF2N. The largest absolute Gasteiger partial charge is 0.301 e. The summed E-state index contributed by atoms with van der Waals surface area (Å²) in [5, 5.41) is 3.39. The van der Waals surface area contributed by atoms with Gasteiger partial charge in [0.1, 0.15) is 11.6 Å². The molecule has 0 radical (unpaired) electrons. The first kappa shape index (κ1) is 16.1. The first-order valence-corrected chi connectivity index (χ1v) is 7.57. The Morgan fingerprint density at radius 2 is 1.67 bits per heavy atom. The van der Waals surface area contributed by atoms with Gasteiger partial charge in [0.25, 0.3) is 0 Å². The summed E-state index contributed by atoms with van der Waals surface area (Å²) >= 11 is 3.41. The molecule has 2 aromatic rings. The fourth-order valence-corrected chi connectivity index (χ4v) is 2.69. The minimum Gasteiger partial charge on any atom is -0.301 e. The summed E-state index contributed by atoms with van der Waals surface area (Å²) in [6, 6.07) is 11.4. The molecule has 1 atom stereocenters. The Hall–Kier alpha value is -1.26. The van der Waals surface area contributed by atoms with Crippen molar-refractivity contribution in [2.45, 2.75) is 32.4 Å². The van der Waals surface area contributed by atoms with Gasteiger partial charge in [-0.1, -0.05) is 34.1 Å². The van der Waals surface area contributed by atoms with E-state index in [0.29, 0.717) is 5.56 Å². The van der Waals surface area contributed by atoms with Crippen molar-refractivity contribution in [3.05, 3.63) is 69.7 Å². The summed E-state index contributed by atoms with van der Waals surface area (Å²) in [5.41, 5.74) is 1.22. The standard InChI is InChI=1S/C17H18BrF2N/c1-11(15-9-8-14(19)10-16(15)20)21-17(2,3)12-4-6-13(18)7-5-12/h4-11,21H,1-3H3. The third-order valence-corrected chi connectivity index (χ3v) is 4.10. The number of benzene rings is 2. The van der Waals surface area contributed by atoms with Crippen molar-refractivity contribution in [1.29, 1.82) is 0 Å². The predicted molar refractivity (Wildman–Crippen MR) is 85.1 cm³/mol. The maximum Gasteiger partial charge on any atom is 0.130 e. The molecule has 0 aliphatic carbocycles. The molecule has 0 saturated carbocycles. The van der Waals surface area contributed by atoms with Crippen LogP contribution in [0.3, 0.4) is 0 Å². The van der Waals surface area contributed by atoms with Crippen LogP contribution in [-0.4, -0.2) is 0 Å². The molecule has 0 fully saturated rings. The number of rotatable bonds is 4. The highest BCUT2D eigenvalue weighted by Gasteiger charge is 2.24. The SMILES string of the molecule is CC(NC(C)(C)c1ccc(Br)cc1)c1ccc(F)cc1F. The van der Waals surface area contributed by atoms with Crippen LogP contribution in [0.25, 0.3) is 0 Å². The lowest BCUT2D eigenvalue weighted by molar-refractivity contribution is 0.351. The van der Waals surface area contributed by atoms with Crippen LogP contribution in [0.5, 0.6) is 0 Å². The van der Waals surface area contributed by atoms with Gasteiger partial charge in [0, 0.05) is 27.7 Å². The van der Waals surface area contributed by atoms with Crippen LogP contribution in [-0.2, 0) is 5.54 Å². The first-order chi connectivity index (χ1) is 9.79. The quantitative estimate of drug-likeness (QED) is 0.784. The van der Waals surface area contributed by atoms with E-state index in [1.165, 1.54) is 12.1 Å². The van der Waals surface area contributed by atoms with E-state index in [-0.39, 0.29) is 11.6 Å². The number of hydrogen-bond donors (Lipinski definition) is 1. The zero-order valence-corrected chi connectivity index (χ0v) is 13.8. The van der Waals surface area contributed by atoms with Crippen molar-refractivity contribution in [1.82, 2.24) is 5.32 Å². The van der Waals surface area contributed by atoms with E-state index in [1.54, 1.807) is 0 Å². The van der Waals surface area contributed by atoms with E-state index in [1.807, 2.05) is 45.0 Å². The van der Waals surface area contributed by atoms with E-state index in [2.05, 4.69) is 21.2 Å². The minimum absolute atomic E-state index is 0.232. The van der Waals surface area contributed by atoms with E-state index >= 15 is 0 Å². The highest BCUT2D eigenvalue weighted by molar-refractivity contribution is 9.10. The van der Waals surface area contributed by atoms with Gasteiger partial charge in [-0.2, -0.15) is 0 Å². The highest BCUT2D eigenvalue weighted by atomic mass is 79.9. The van der Waals surface area contributed by atoms with Crippen LogP contribution < -0.4 is 5.32 Å². The molecular weight excluding hydrogens is 336 g/mol. The molecule has 0 bridgehead atoms. The van der Waals surface area contributed by atoms with Crippen LogP contribution in [0.15, 0.2) is 46.9 Å². The maximum atomic E-state index is 13.8. The molecule has 0 aliphatic rings. The van der Waals surface area contributed by atoms with Gasteiger partial charge in [0.05, 0.1) is 0 Å². The summed E-state index contributed by atoms with van der Waals surface area (Å²) in [6.07, 6.45) is 0. The summed E-state index contributed by atoms with van der Waals surface area (Å²) in [5.74, 6) is -1.09. The highest BCUT2D eigenvalue weighted by Crippen LogP contribution is 2.27. The molecule has 1 unspecified atom stereocenters. The van der Waals surface area contributed by atoms with Gasteiger partial charge in [-0.25, -0.2) is 8.78 Å². The van der Waals surface area contributed by atoms with E-state index < -0.39 is 11.6 Å². The smallest absolute Gasteiger partial charge is 0.130 e. The predicted octanol–water partition coefficient (Wildman–Crippen LogP) is 5.31. The lowest BCUT2D eigenvalue weighted by Crippen LogP contribution is -2.38. The fraction of sp³-hybridized carbons (Fsp3) is 0.294. The Labute approximate surface area is 132 Å². The Morgan fingerprint density at radius 1 is 1.05 bits per heavy atom. The second kappa shape index (κ2) is 6.24. The Kier molecular flexibility index (Phi) is 4.79. The van der Waals surface area contributed by atoms with Crippen molar-refractivity contribution in [2.75, 3.05) is 0 Å². The zero-order valence-electron chi connectivity index (χ0n) is 12.3. The Balaban J connectivity index is 2.21. The molecule has 0 aliphatic heterocycles. The average Bonchev–Trinajstić information content (AvgIpc) is 2.38. The summed E-state index contributed by atoms with van der Waals surface area (Å²) in [6.45, 7) is 5.94. The molecule has 4 heteroatoms. The molecule has 21 heavy (non-hydrogen) atoms. The summed E-state index contributed by atoms with van der Waals surface area (Å²) in [4.78, 5) is 0. The van der Waals surface area contributed by atoms with E-state index in [4.69, 9.17) is 0 Å². The van der Waals surface area contributed by atoms with Gasteiger partial charge >= 0.3 is 0 Å². The molecule has 112 valence electrons. The van der Waals surface area contributed by atoms with Crippen LogP contribution >= 0.6 is 15.9 Å². The summed E-state index contributed by atoms with van der Waals surface area (Å²) in [7, 11) is 0. The molecule has 0 amide bonds. The van der Waals surface area contributed by atoms with Crippen molar-refractivity contribution in [3.63, 3.8) is 0 Å². The van der Waals surface area contributed by atoms with E-state index in [9.17, 15) is 8.78 Å². The average molecular weight is 354 g/mol.